The summed E-state index contributed by atoms with van der Waals surface area (Å²) in [5.41, 5.74) is 0. The first-order chi connectivity index (χ1) is 5.79. The molecule has 0 spiro atoms. The van der Waals surface area contributed by atoms with Crippen molar-refractivity contribution in [2.75, 3.05) is 5.75 Å². The summed E-state index contributed by atoms with van der Waals surface area (Å²) in [5.74, 6) is 3.61. The van der Waals surface area contributed by atoms with Crippen molar-refractivity contribution in [2.45, 2.75) is 11.8 Å². The van der Waals surface area contributed by atoms with Crippen molar-refractivity contribution in [1.29, 1.82) is 0 Å². The summed E-state index contributed by atoms with van der Waals surface area (Å²) in [6.07, 6.45) is 5.09. The van der Waals surface area contributed by atoms with Crippen LogP contribution >= 0.6 is 11.8 Å². The first kappa shape index (κ1) is 9.10. The molecule has 0 bridgehead atoms. The van der Waals surface area contributed by atoms with Gasteiger partial charge < -0.3 is 9.67 Å². The van der Waals surface area contributed by atoms with Crippen molar-refractivity contribution >= 4 is 11.8 Å². The molecule has 12 heavy (non-hydrogen) atoms. The Labute approximate surface area is 75.0 Å². The highest BCUT2D eigenvalue weighted by Crippen LogP contribution is 2.14. The first-order valence-corrected chi connectivity index (χ1v) is 4.33. The van der Waals surface area contributed by atoms with Gasteiger partial charge in [-0.1, -0.05) is 17.7 Å². The highest BCUT2D eigenvalue weighted by molar-refractivity contribution is 7.99. The van der Waals surface area contributed by atoms with Gasteiger partial charge in [0, 0.05) is 7.05 Å². The van der Waals surface area contributed by atoms with Gasteiger partial charge in [-0.25, -0.2) is 0 Å². The number of aliphatic hydroxyl groups excluding tert-OH is 1. The smallest absolute Gasteiger partial charge is 0.191 e. The first-order valence-electron chi connectivity index (χ1n) is 3.35. The van der Waals surface area contributed by atoms with Crippen LogP contribution in [0.1, 0.15) is 5.82 Å². The lowest BCUT2D eigenvalue weighted by molar-refractivity contribution is 0.266. The van der Waals surface area contributed by atoms with E-state index in [4.69, 9.17) is 11.5 Å². The Hall–Kier alpha value is -0.990. The standard InChI is InChI=1S/C7H9N3OS/c1-3-4-12-7-9-8-6(5-11)10(7)2/h1,11H,4-5H2,2H3. The molecule has 1 rings (SSSR count). The molecule has 5 heteroatoms. The Morgan fingerprint density at radius 2 is 2.42 bits per heavy atom. The van der Waals surface area contributed by atoms with Crippen molar-refractivity contribution in [1.82, 2.24) is 14.8 Å². The lowest BCUT2D eigenvalue weighted by atomic mass is 10.6. The van der Waals surface area contributed by atoms with E-state index in [1.165, 1.54) is 11.8 Å². The minimum Gasteiger partial charge on any atom is -0.388 e. The third-order valence-corrected chi connectivity index (χ3v) is 2.28. The molecule has 0 atom stereocenters. The van der Waals surface area contributed by atoms with Gasteiger partial charge in [0.2, 0.25) is 0 Å². The summed E-state index contributed by atoms with van der Waals surface area (Å²) in [6.45, 7) is -0.0971. The SMILES string of the molecule is C#CCSc1nnc(CO)n1C. The summed E-state index contributed by atoms with van der Waals surface area (Å²) in [6, 6.07) is 0. The second-order valence-corrected chi connectivity index (χ2v) is 3.05. The van der Waals surface area contributed by atoms with Gasteiger partial charge in [0.25, 0.3) is 0 Å². The van der Waals surface area contributed by atoms with Crippen LogP contribution in [0.25, 0.3) is 0 Å². The van der Waals surface area contributed by atoms with Gasteiger partial charge in [0.15, 0.2) is 11.0 Å². The van der Waals surface area contributed by atoms with Crippen LogP contribution in [0.3, 0.4) is 0 Å². The van der Waals surface area contributed by atoms with Gasteiger partial charge in [-0.15, -0.1) is 16.6 Å². The Bertz CT molecular complexity index is 302. The van der Waals surface area contributed by atoms with Crippen molar-refractivity contribution in [3.63, 3.8) is 0 Å². The molecule has 1 aromatic heterocycles. The van der Waals surface area contributed by atoms with Crippen LogP contribution in [0.4, 0.5) is 0 Å². The number of aliphatic hydroxyl groups is 1. The van der Waals surface area contributed by atoms with E-state index < -0.39 is 0 Å². The summed E-state index contributed by atoms with van der Waals surface area (Å²) in [5, 5.41) is 17.1. The zero-order valence-electron chi connectivity index (χ0n) is 6.69. The van der Waals surface area contributed by atoms with Crippen LogP contribution in [0.15, 0.2) is 5.16 Å². The molecule has 0 aliphatic carbocycles. The van der Waals surface area contributed by atoms with E-state index in [1.54, 1.807) is 11.6 Å². The normalized spacial score (nSPS) is 9.75. The zero-order chi connectivity index (χ0) is 8.97. The molecule has 64 valence electrons. The molecule has 1 N–H and O–H groups in total. The van der Waals surface area contributed by atoms with E-state index in [0.29, 0.717) is 11.6 Å². The summed E-state index contributed by atoms with van der Waals surface area (Å²) in [4.78, 5) is 0. The molecular formula is C7H9N3OS. The fourth-order valence-electron chi connectivity index (χ4n) is 0.715. The predicted octanol–water partition coefficient (Wildman–Crippen LogP) is 0.0327. The van der Waals surface area contributed by atoms with E-state index in [0.717, 1.165) is 5.16 Å². The van der Waals surface area contributed by atoms with Crippen LogP contribution < -0.4 is 0 Å². The minimum atomic E-state index is -0.0971. The highest BCUT2D eigenvalue weighted by Gasteiger charge is 2.06. The third-order valence-electron chi connectivity index (χ3n) is 1.35. The Balaban J connectivity index is 2.74. The predicted molar refractivity (Wildman–Crippen MR) is 46.5 cm³/mol. The van der Waals surface area contributed by atoms with Gasteiger partial charge >= 0.3 is 0 Å². The van der Waals surface area contributed by atoms with Gasteiger partial charge in [-0.2, -0.15) is 0 Å². The van der Waals surface area contributed by atoms with Crippen LogP contribution in [0.2, 0.25) is 0 Å². The quantitative estimate of drug-likeness (QED) is 0.530. The average molecular weight is 183 g/mol. The van der Waals surface area contributed by atoms with E-state index >= 15 is 0 Å². The van der Waals surface area contributed by atoms with Crippen molar-refractivity contribution < 1.29 is 5.11 Å². The van der Waals surface area contributed by atoms with Crippen LogP contribution in [0, 0.1) is 12.3 Å². The second kappa shape index (κ2) is 4.14. The van der Waals surface area contributed by atoms with Crippen LogP contribution in [0.5, 0.6) is 0 Å². The van der Waals surface area contributed by atoms with Crippen molar-refractivity contribution in [3.8, 4) is 12.3 Å². The maximum Gasteiger partial charge on any atom is 0.191 e. The monoisotopic (exact) mass is 183 g/mol. The minimum absolute atomic E-state index is 0.0971. The molecule has 0 aliphatic rings. The maximum atomic E-state index is 8.78. The fourth-order valence-corrected chi connectivity index (χ4v) is 1.32. The van der Waals surface area contributed by atoms with Gasteiger partial charge in [-0.3, -0.25) is 0 Å². The number of hydrogen-bond acceptors (Lipinski definition) is 4. The molecule has 0 amide bonds. The van der Waals surface area contributed by atoms with Crippen molar-refractivity contribution in [3.05, 3.63) is 5.82 Å². The summed E-state index contributed by atoms with van der Waals surface area (Å²) < 4.78 is 1.72. The highest BCUT2D eigenvalue weighted by atomic mass is 32.2. The molecule has 1 aromatic rings. The number of nitrogens with zero attached hydrogens (tertiary/aromatic N) is 3. The number of thioether (sulfide) groups is 1. The molecular weight excluding hydrogens is 174 g/mol. The van der Waals surface area contributed by atoms with Gasteiger partial charge in [0.05, 0.1) is 5.75 Å². The Morgan fingerprint density at radius 3 is 2.92 bits per heavy atom. The molecule has 0 saturated carbocycles. The Kier molecular flexibility index (Phi) is 3.14. The van der Waals surface area contributed by atoms with Crippen LogP contribution in [-0.4, -0.2) is 25.6 Å². The largest absolute Gasteiger partial charge is 0.388 e. The Morgan fingerprint density at radius 1 is 1.67 bits per heavy atom. The molecule has 0 fully saturated rings. The number of terminal acetylenes is 1. The summed E-state index contributed by atoms with van der Waals surface area (Å²) in [7, 11) is 1.80. The average Bonchev–Trinajstić information content (AvgIpc) is 2.43. The van der Waals surface area contributed by atoms with Crippen LogP contribution in [-0.2, 0) is 13.7 Å². The second-order valence-electron chi connectivity index (χ2n) is 2.11. The fraction of sp³-hybridized carbons (Fsp3) is 0.429. The van der Waals surface area contributed by atoms with Gasteiger partial charge in [-0.05, 0) is 0 Å². The summed E-state index contributed by atoms with van der Waals surface area (Å²) >= 11 is 1.43. The molecule has 0 saturated heterocycles. The zero-order valence-corrected chi connectivity index (χ0v) is 7.51. The molecule has 1 heterocycles. The van der Waals surface area contributed by atoms with Gasteiger partial charge in [0.1, 0.15) is 6.61 Å². The number of aromatic nitrogens is 3. The van der Waals surface area contributed by atoms with E-state index in [9.17, 15) is 0 Å². The number of rotatable bonds is 3. The molecule has 0 aromatic carbocycles. The molecule has 0 aliphatic heterocycles. The molecule has 4 nitrogen and oxygen atoms in total. The lowest BCUT2D eigenvalue weighted by Gasteiger charge is -1.98. The van der Waals surface area contributed by atoms with E-state index in [1.807, 2.05) is 0 Å². The number of hydrogen-bond donors (Lipinski definition) is 1. The van der Waals surface area contributed by atoms with E-state index in [-0.39, 0.29) is 6.61 Å². The topological polar surface area (TPSA) is 50.9 Å². The van der Waals surface area contributed by atoms with E-state index in [2.05, 4.69) is 16.1 Å². The molecule has 0 unspecified atom stereocenters. The lowest BCUT2D eigenvalue weighted by Crippen LogP contribution is -1.98. The third kappa shape index (κ3) is 1.78. The van der Waals surface area contributed by atoms with Crippen molar-refractivity contribution in [2.24, 2.45) is 7.05 Å². The maximum absolute atomic E-state index is 8.78. The molecule has 0 radical (unpaired) electrons.